The van der Waals surface area contributed by atoms with E-state index in [4.69, 9.17) is 4.74 Å². The van der Waals surface area contributed by atoms with E-state index in [9.17, 15) is 18.3 Å². The van der Waals surface area contributed by atoms with Gasteiger partial charge in [-0.3, -0.25) is 0 Å². The quantitative estimate of drug-likeness (QED) is 0.458. The third-order valence-corrected chi connectivity index (χ3v) is 5.94. The van der Waals surface area contributed by atoms with Gasteiger partial charge in [0.05, 0.1) is 11.5 Å². The molecule has 0 spiro atoms. The van der Waals surface area contributed by atoms with Gasteiger partial charge in [0.15, 0.2) is 9.84 Å². The molecule has 5 nitrogen and oxygen atoms in total. The Bertz CT molecular complexity index is 1190. The third-order valence-electron chi connectivity index (χ3n) is 4.82. The van der Waals surface area contributed by atoms with Crippen molar-refractivity contribution in [2.24, 2.45) is 0 Å². The Balaban J connectivity index is 2.33. The van der Waals surface area contributed by atoms with Crippen LogP contribution in [0.1, 0.15) is 24.5 Å². The molecule has 3 aromatic rings. The molecular formula is C24H24O5S. The summed E-state index contributed by atoms with van der Waals surface area (Å²) in [5.41, 5.74) is 2.47. The minimum absolute atomic E-state index is 0.116. The molecule has 0 heterocycles. The first-order valence-corrected chi connectivity index (χ1v) is 11.6. The molecule has 3 rings (SSSR count). The van der Waals surface area contributed by atoms with Crippen LogP contribution in [-0.4, -0.2) is 39.0 Å². The van der Waals surface area contributed by atoms with Crippen LogP contribution in [0.2, 0.25) is 0 Å². The molecule has 0 atom stereocenters. The molecule has 156 valence electrons. The van der Waals surface area contributed by atoms with Gasteiger partial charge in [0.25, 0.3) is 0 Å². The highest BCUT2D eigenvalue weighted by molar-refractivity contribution is 7.90. The molecule has 0 fully saturated rings. The van der Waals surface area contributed by atoms with E-state index >= 15 is 0 Å². The number of esters is 1. The van der Waals surface area contributed by atoms with Crippen molar-refractivity contribution < 1.29 is 23.1 Å². The SMILES string of the molecule is CCOC(=O)/C(CCO)=C(\c1ccc(S(C)(=O)=O)cc1)c1cccc2ccccc12. The molecule has 0 bridgehead atoms. The van der Waals surface area contributed by atoms with E-state index in [0.29, 0.717) is 16.7 Å². The smallest absolute Gasteiger partial charge is 0.334 e. The van der Waals surface area contributed by atoms with Crippen LogP contribution in [0, 0.1) is 0 Å². The van der Waals surface area contributed by atoms with E-state index in [1.165, 1.54) is 12.1 Å². The topological polar surface area (TPSA) is 80.7 Å². The van der Waals surface area contributed by atoms with E-state index < -0.39 is 15.8 Å². The highest BCUT2D eigenvalue weighted by atomic mass is 32.2. The molecule has 6 heteroatoms. The standard InChI is InChI=1S/C24H24O5S/c1-3-29-24(26)22(15-16-25)23(18-11-13-19(14-12-18)30(2,27)28)21-10-6-8-17-7-4-5-9-20(17)21/h4-14,25H,3,15-16H2,1-2H3/b23-22+. The predicted molar refractivity (Wildman–Crippen MR) is 118 cm³/mol. The maximum atomic E-state index is 12.8. The number of sulfone groups is 1. The molecule has 0 saturated heterocycles. The Hall–Kier alpha value is -2.96. The lowest BCUT2D eigenvalue weighted by Gasteiger charge is -2.17. The van der Waals surface area contributed by atoms with Gasteiger partial charge in [0, 0.05) is 30.4 Å². The van der Waals surface area contributed by atoms with Crippen LogP contribution >= 0.6 is 0 Å². The predicted octanol–water partition coefficient (Wildman–Crippen LogP) is 3.99. The Kier molecular flexibility index (Phi) is 6.70. The summed E-state index contributed by atoms with van der Waals surface area (Å²) >= 11 is 0. The van der Waals surface area contributed by atoms with Crippen molar-refractivity contribution in [2.75, 3.05) is 19.5 Å². The highest BCUT2D eigenvalue weighted by Gasteiger charge is 2.21. The average Bonchev–Trinajstić information content (AvgIpc) is 2.73. The van der Waals surface area contributed by atoms with Gasteiger partial charge in [-0.2, -0.15) is 0 Å². The van der Waals surface area contributed by atoms with Gasteiger partial charge in [-0.1, -0.05) is 54.6 Å². The zero-order valence-corrected chi connectivity index (χ0v) is 17.8. The first kappa shape index (κ1) is 21.7. The summed E-state index contributed by atoms with van der Waals surface area (Å²) in [4.78, 5) is 13.0. The zero-order chi connectivity index (χ0) is 21.7. The average molecular weight is 425 g/mol. The Morgan fingerprint density at radius 1 is 0.967 bits per heavy atom. The fourth-order valence-corrected chi connectivity index (χ4v) is 4.09. The van der Waals surface area contributed by atoms with Crippen LogP contribution in [0.3, 0.4) is 0 Å². The number of carbonyl (C=O) groups is 1. The van der Waals surface area contributed by atoms with Crippen molar-refractivity contribution in [3.8, 4) is 0 Å². The lowest BCUT2D eigenvalue weighted by molar-refractivity contribution is -0.138. The molecule has 0 aromatic heterocycles. The molecule has 0 unspecified atom stereocenters. The Morgan fingerprint density at radius 3 is 2.27 bits per heavy atom. The normalized spacial score (nSPS) is 12.5. The number of ether oxygens (including phenoxy) is 1. The van der Waals surface area contributed by atoms with Crippen molar-refractivity contribution in [3.05, 3.63) is 83.4 Å². The van der Waals surface area contributed by atoms with Crippen LogP contribution in [-0.2, 0) is 19.4 Å². The highest BCUT2D eigenvalue weighted by Crippen LogP contribution is 2.34. The maximum Gasteiger partial charge on any atom is 0.334 e. The monoisotopic (exact) mass is 424 g/mol. The third kappa shape index (κ3) is 4.61. The van der Waals surface area contributed by atoms with E-state index in [0.717, 1.165) is 22.6 Å². The largest absolute Gasteiger partial charge is 0.463 e. The second-order valence-corrected chi connectivity index (χ2v) is 8.89. The summed E-state index contributed by atoms with van der Waals surface area (Å²) in [7, 11) is -3.35. The van der Waals surface area contributed by atoms with Crippen molar-refractivity contribution in [1.82, 2.24) is 0 Å². The summed E-state index contributed by atoms with van der Waals surface area (Å²) in [5, 5.41) is 11.6. The molecule has 0 aliphatic heterocycles. The molecule has 0 radical (unpaired) electrons. The van der Waals surface area contributed by atoms with E-state index in [2.05, 4.69) is 0 Å². The second kappa shape index (κ2) is 9.24. The number of rotatable bonds is 7. The van der Waals surface area contributed by atoms with Gasteiger partial charge in [-0.15, -0.1) is 0 Å². The Labute approximate surface area is 176 Å². The molecule has 0 aliphatic rings. The molecule has 30 heavy (non-hydrogen) atoms. The van der Waals surface area contributed by atoms with Crippen LogP contribution < -0.4 is 0 Å². The minimum Gasteiger partial charge on any atom is -0.463 e. The zero-order valence-electron chi connectivity index (χ0n) is 17.0. The van der Waals surface area contributed by atoms with Crippen molar-refractivity contribution in [1.29, 1.82) is 0 Å². The summed E-state index contributed by atoms with van der Waals surface area (Å²) in [6.07, 6.45) is 1.27. The number of hydrogen-bond acceptors (Lipinski definition) is 5. The number of fused-ring (bicyclic) bond motifs is 1. The van der Waals surface area contributed by atoms with Gasteiger partial charge in [-0.05, 0) is 41.0 Å². The van der Waals surface area contributed by atoms with Crippen LogP contribution in [0.5, 0.6) is 0 Å². The number of aliphatic hydroxyl groups is 1. The van der Waals surface area contributed by atoms with Crippen LogP contribution in [0.25, 0.3) is 16.3 Å². The minimum atomic E-state index is -3.35. The summed E-state index contributed by atoms with van der Waals surface area (Å²) in [5.74, 6) is -0.498. The first-order chi connectivity index (χ1) is 14.4. The fraction of sp³-hybridized carbons (Fsp3) is 0.208. The first-order valence-electron chi connectivity index (χ1n) is 9.66. The van der Waals surface area contributed by atoms with Gasteiger partial charge < -0.3 is 9.84 Å². The number of aliphatic hydroxyl groups excluding tert-OH is 1. The molecular weight excluding hydrogens is 400 g/mol. The molecule has 3 aromatic carbocycles. The van der Waals surface area contributed by atoms with Crippen LogP contribution in [0.4, 0.5) is 0 Å². The number of hydrogen-bond donors (Lipinski definition) is 1. The lowest BCUT2D eigenvalue weighted by Crippen LogP contribution is -2.12. The number of carbonyl (C=O) groups excluding carboxylic acids is 1. The van der Waals surface area contributed by atoms with Gasteiger partial charge in [0.2, 0.25) is 0 Å². The number of benzene rings is 3. The molecule has 0 amide bonds. The fourth-order valence-electron chi connectivity index (χ4n) is 3.46. The molecule has 1 N–H and O–H groups in total. The Morgan fingerprint density at radius 2 is 1.63 bits per heavy atom. The lowest BCUT2D eigenvalue weighted by atomic mass is 9.88. The maximum absolute atomic E-state index is 12.8. The van der Waals surface area contributed by atoms with Crippen LogP contribution in [0.15, 0.2) is 77.2 Å². The van der Waals surface area contributed by atoms with Gasteiger partial charge in [0.1, 0.15) is 0 Å². The van der Waals surface area contributed by atoms with Gasteiger partial charge >= 0.3 is 5.97 Å². The molecule has 0 saturated carbocycles. The van der Waals surface area contributed by atoms with E-state index in [-0.39, 0.29) is 24.5 Å². The van der Waals surface area contributed by atoms with Crippen molar-refractivity contribution in [2.45, 2.75) is 18.2 Å². The molecule has 0 aliphatic carbocycles. The van der Waals surface area contributed by atoms with Gasteiger partial charge in [-0.25, -0.2) is 13.2 Å². The summed E-state index contributed by atoms with van der Waals surface area (Å²) in [6.45, 7) is 1.72. The van der Waals surface area contributed by atoms with Crippen molar-refractivity contribution in [3.63, 3.8) is 0 Å². The van der Waals surface area contributed by atoms with Crippen molar-refractivity contribution >= 4 is 32.2 Å². The van der Waals surface area contributed by atoms with E-state index in [1.807, 2.05) is 42.5 Å². The van der Waals surface area contributed by atoms with E-state index in [1.54, 1.807) is 19.1 Å². The summed E-state index contributed by atoms with van der Waals surface area (Å²) in [6, 6.07) is 20.0. The second-order valence-electron chi connectivity index (χ2n) is 6.87. The summed E-state index contributed by atoms with van der Waals surface area (Å²) < 4.78 is 29.0.